The molecule has 0 aromatic carbocycles. The molecule has 1 amide bonds. The Balaban J connectivity index is 2.61. The first-order valence-corrected chi connectivity index (χ1v) is 9.13. The molecule has 26 heavy (non-hydrogen) atoms. The molecular weight excluding hydrogens is 356 g/mol. The molecule has 142 valence electrons. The molecule has 3 N–H and O–H groups in total. The van der Waals surface area contributed by atoms with Crippen LogP contribution in [-0.4, -0.2) is 35.7 Å². The van der Waals surface area contributed by atoms with Gasteiger partial charge in [-0.1, -0.05) is 13.8 Å². The Morgan fingerprint density at radius 2 is 2.12 bits per heavy atom. The number of amides is 1. The van der Waals surface area contributed by atoms with Gasteiger partial charge >= 0.3 is 5.69 Å². The summed E-state index contributed by atoms with van der Waals surface area (Å²) in [6, 6.07) is 1.83. The zero-order valence-corrected chi connectivity index (χ0v) is 16.2. The summed E-state index contributed by atoms with van der Waals surface area (Å²) in [6.07, 6.45) is 0. The van der Waals surface area contributed by atoms with Crippen molar-refractivity contribution in [2.75, 3.05) is 30.9 Å². The first-order valence-electron chi connectivity index (χ1n) is 8.25. The number of anilines is 2. The summed E-state index contributed by atoms with van der Waals surface area (Å²) in [4.78, 5) is 41.7. The van der Waals surface area contributed by atoms with Crippen LogP contribution in [0.5, 0.6) is 0 Å². The zero-order chi connectivity index (χ0) is 19.4. The number of nitrogen functional groups attached to an aromatic ring is 1. The van der Waals surface area contributed by atoms with Crippen molar-refractivity contribution < 1.29 is 9.53 Å². The highest BCUT2D eigenvalue weighted by Gasteiger charge is 2.26. The minimum absolute atomic E-state index is 0.0221. The SMILES string of the molecule is COCCN(C(=O)c1sccc1C)c1c(N)n(CC(C)C)c(=O)[nH]c1=O. The van der Waals surface area contributed by atoms with E-state index in [9.17, 15) is 14.4 Å². The van der Waals surface area contributed by atoms with Crippen molar-refractivity contribution in [3.63, 3.8) is 0 Å². The van der Waals surface area contributed by atoms with E-state index in [1.54, 1.807) is 0 Å². The van der Waals surface area contributed by atoms with E-state index in [-0.39, 0.29) is 36.5 Å². The summed E-state index contributed by atoms with van der Waals surface area (Å²) in [5, 5.41) is 1.81. The van der Waals surface area contributed by atoms with E-state index in [1.165, 1.54) is 27.9 Å². The van der Waals surface area contributed by atoms with Gasteiger partial charge in [0.25, 0.3) is 11.5 Å². The summed E-state index contributed by atoms with van der Waals surface area (Å²) in [5.74, 6) is -0.232. The van der Waals surface area contributed by atoms with Gasteiger partial charge in [0.2, 0.25) is 0 Å². The average molecular weight is 380 g/mol. The van der Waals surface area contributed by atoms with E-state index in [2.05, 4.69) is 4.98 Å². The van der Waals surface area contributed by atoms with Crippen molar-refractivity contribution in [2.24, 2.45) is 5.92 Å². The summed E-state index contributed by atoms with van der Waals surface area (Å²) < 4.78 is 6.37. The molecule has 9 heteroatoms. The fraction of sp³-hybridized carbons (Fsp3) is 0.471. The van der Waals surface area contributed by atoms with Gasteiger partial charge < -0.3 is 10.5 Å². The molecule has 0 unspecified atom stereocenters. The second-order valence-corrected chi connectivity index (χ2v) is 7.30. The Morgan fingerprint density at radius 3 is 2.65 bits per heavy atom. The number of rotatable bonds is 7. The number of thiophene rings is 1. The lowest BCUT2D eigenvalue weighted by molar-refractivity contribution is 0.0979. The van der Waals surface area contributed by atoms with Gasteiger partial charge in [0.05, 0.1) is 11.5 Å². The van der Waals surface area contributed by atoms with Crippen LogP contribution < -0.4 is 21.9 Å². The number of nitrogens with zero attached hydrogens (tertiary/aromatic N) is 2. The number of ether oxygens (including phenoxy) is 1. The summed E-state index contributed by atoms with van der Waals surface area (Å²) in [7, 11) is 1.51. The van der Waals surface area contributed by atoms with Crippen LogP contribution >= 0.6 is 11.3 Å². The standard InChI is InChI=1S/C17H24N4O4S/c1-10(2)9-21-14(18)12(15(22)19-17(21)24)20(6-7-25-4)16(23)13-11(3)5-8-26-13/h5,8,10H,6-7,9,18H2,1-4H3,(H,19,22,24). The molecule has 2 aromatic heterocycles. The first-order chi connectivity index (χ1) is 12.3. The zero-order valence-electron chi connectivity index (χ0n) is 15.4. The molecule has 0 saturated carbocycles. The number of nitrogens with one attached hydrogen (secondary N) is 1. The van der Waals surface area contributed by atoms with Crippen LogP contribution in [0.3, 0.4) is 0 Å². The van der Waals surface area contributed by atoms with Crippen molar-refractivity contribution in [3.8, 4) is 0 Å². The van der Waals surface area contributed by atoms with Crippen LogP contribution in [0.15, 0.2) is 21.0 Å². The van der Waals surface area contributed by atoms with Crippen LogP contribution in [0.1, 0.15) is 29.1 Å². The molecule has 0 atom stereocenters. The van der Waals surface area contributed by atoms with Crippen LogP contribution in [0, 0.1) is 12.8 Å². The fourth-order valence-electron chi connectivity index (χ4n) is 2.60. The lowest BCUT2D eigenvalue weighted by Gasteiger charge is -2.24. The van der Waals surface area contributed by atoms with Crippen molar-refractivity contribution in [2.45, 2.75) is 27.3 Å². The van der Waals surface area contributed by atoms with E-state index in [0.29, 0.717) is 11.4 Å². The Bertz CT molecular complexity index is 897. The Kier molecular flexibility index (Phi) is 6.38. The van der Waals surface area contributed by atoms with Gasteiger partial charge in [0.15, 0.2) is 5.69 Å². The maximum Gasteiger partial charge on any atom is 0.330 e. The van der Waals surface area contributed by atoms with Crippen LogP contribution in [0.25, 0.3) is 0 Å². The number of H-pyrrole nitrogens is 1. The largest absolute Gasteiger partial charge is 0.383 e. The summed E-state index contributed by atoms with van der Waals surface area (Å²) in [5.41, 5.74) is 5.66. The number of aromatic amines is 1. The van der Waals surface area contributed by atoms with Crippen molar-refractivity contribution >= 4 is 28.7 Å². The molecule has 0 radical (unpaired) electrons. The molecule has 0 saturated heterocycles. The third kappa shape index (κ3) is 4.05. The van der Waals surface area contributed by atoms with E-state index >= 15 is 0 Å². The number of aryl methyl sites for hydroxylation is 1. The van der Waals surface area contributed by atoms with Crippen LogP contribution in [-0.2, 0) is 11.3 Å². The molecule has 0 aliphatic rings. The Hall–Kier alpha value is -2.39. The second kappa shape index (κ2) is 8.33. The minimum atomic E-state index is -0.689. The molecule has 0 bridgehead atoms. The number of methoxy groups -OCH3 is 1. The summed E-state index contributed by atoms with van der Waals surface area (Å²) >= 11 is 1.29. The maximum absolute atomic E-state index is 13.0. The average Bonchev–Trinajstić information content (AvgIpc) is 2.99. The van der Waals surface area contributed by atoms with Crippen molar-refractivity contribution in [1.29, 1.82) is 0 Å². The van der Waals surface area contributed by atoms with Crippen LogP contribution in [0.2, 0.25) is 0 Å². The quantitative estimate of drug-likeness (QED) is 0.755. The normalized spacial score (nSPS) is 11.1. The van der Waals surface area contributed by atoms with Gasteiger partial charge in [0, 0.05) is 20.2 Å². The van der Waals surface area contributed by atoms with Gasteiger partial charge in [-0.25, -0.2) is 4.79 Å². The Labute approximate surface area is 155 Å². The lowest BCUT2D eigenvalue weighted by atomic mass is 10.2. The predicted molar refractivity (Wildman–Crippen MR) is 103 cm³/mol. The molecule has 8 nitrogen and oxygen atoms in total. The smallest absolute Gasteiger partial charge is 0.330 e. The van der Waals surface area contributed by atoms with E-state index in [0.717, 1.165) is 5.56 Å². The second-order valence-electron chi connectivity index (χ2n) is 6.38. The highest BCUT2D eigenvalue weighted by molar-refractivity contribution is 7.12. The first kappa shape index (κ1) is 19.9. The summed E-state index contributed by atoms with van der Waals surface area (Å²) in [6.45, 7) is 6.38. The van der Waals surface area contributed by atoms with Crippen LogP contribution in [0.4, 0.5) is 11.5 Å². The number of hydrogen-bond acceptors (Lipinski definition) is 6. The molecule has 2 heterocycles. The number of nitrogens with two attached hydrogens (primary N) is 1. The monoisotopic (exact) mass is 380 g/mol. The molecule has 0 aliphatic carbocycles. The van der Waals surface area contributed by atoms with Gasteiger partial charge in [-0.3, -0.25) is 24.0 Å². The minimum Gasteiger partial charge on any atom is -0.383 e. The van der Waals surface area contributed by atoms with Crippen molar-refractivity contribution in [3.05, 3.63) is 42.7 Å². The lowest BCUT2D eigenvalue weighted by Crippen LogP contribution is -2.42. The third-order valence-corrected chi connectivity index (χ3v) is 4.86. The third-order valence-electron chi connectivity index (χ3n) is 3.85. The molecule has 0 aliphatic heterocycles. The van der Waals surface area contributed by atoms with Gasteiger partial charge in [0.1, 0.15) is 5.82 Å². The van der Waals surface area contributed by atoms with Gasteiger partial charge in [-0.15, -0.1) is 11.3 Å². The topological polar surface area (TPSA) is 110 Å². The van der Waals surface area contributed by atoms with E-state index in [4.69, 9.17) is 10.5 Å². The number of hydrogen-bond donors (Lipinski definition) is 2. The van der Waals surface area contributed by atoms with Gasteiger partial charge in [-0.05, 0) is 29.9 Å². The highest BCUT2D eigenvalue weighted by atomic mass is 32.1. The number of carbonyl (C=O) groups excluding carboxylic acids is 1. The van der Waals surface area contributed by atoms with E-state index < -0.39 is 11.2 Å². The van der Waals surface area contributed by atoms with E-state index in [1.807, 2.05) is 32.2 Å². The number of carbonyl (C=O) groups is 1. The number of aromatic nitrogens is 2. The van der Waals surface area contributed by atoms with Gasteiger partial charge in [-0.2, -0.15) is 0 Å². The molecule has 2 rings (SSSR count). The maximum atomic E-state index is 13.0. The predicted octanol–water partition coefficient (Wildman–Crippen LogP) is 1.44. The van der Waals surface area contributed by atoms with Crippen molar-refractivity contribution in [1.82, 2.24) is 9.55 Å². The fourth-order valence-corrected chi connectivity index (χ4v) is 3.47. The highest BCUT2D eigenvalue weighted by Crippen LogP contribution is 2.24. The molecular formula is C17H24N4O4S. The Morgan fingerprint density at radius 1 is 1.42 bits per heavy atom. The molecule has 2 aromatic rings. The molecule has 0 fully saturated rings. The molecule has 0 spiro atoms.